The number of allylic oxidation sites excluding steroid dienone is 2. The van der Waals surface area contributed by atoms with Crippen molar-refractivity contribution in [3.8, 4) is 5.75 Å². The largest absolute Gasteiger partial charge is 0.497 e. The Balaban J connectivity index is 1.47. The summed E-state index contributed by atoms with van der Waals surface area (Å²) in [5, 5.41) is 0. The van der Waals surface area contributed by atoms with E-state index in [1.54, 1.807) is 7.11 Å². The molecule has 1 fully saturated rings. The number of carbonyl (C=O) groups is 2. The fraction of sp³-hybridized carbons (Fsp3) is 0.545. The van der Waals surface area contributed by atoms with Crippen LogP contribution >= 0.6 is 0 Å². The smallest absolute Gasteiger partial charge is 0.226 e. The number of carbonyl (C=O) groups excluding carboxylic acids is 2. The Hall–Kier alpha value is -2.30. The second-order valence-electron chi connectivity index (χ2n) is 7.39. The minimum atomic E-state index is 0.132. The van der Waals surface area contributed by atoms with Gasteiger partial charge in [-0.3, -0.25) is 9.59 Å². The molecule has 0 spiro atoms. The summed E-state index contributed by atoms with van der Waals surface area (Å²) < 4.78 is 5.17. The third-order valence-electron chi connectivity index (χ3n) is 5.57. The first-order chi connectivity index (χ1) is 13.2. The molecule has 5 heteroatoms. The molecule has 0 saturated carbocycles. The number of hydrogen-bond acceptors (Lipinski definition) is 3. The number of benzene rings is 1. The maximum Gasteiger partial charge on any atom is 0.226 e. The molecule has 0 radical (unpaired) electrons. The highest BCUT2D eigenvalue weighted by Gasteiger charge is 2.27. The quantitative estimate of drug-likeness (QED) is 0.749. The van der Waals surface area contributed by atoms with E-state index >= 15 is 0 Å². The second-order valence-corrected chi connectivity index (χ2v) is 7.39. The second kappa shape index (κ2) is 9.58. The van der Waals surface area contributed by atoms with Gasteiger partial charge in [0.2, 0.25) is 11.8 Å². The molecule has 1 aromatic rings. The van der Waals surface area contributed by atoms with Crippen LogP contribution in [0.15, 0.2) is 36.4 Å². The zero-order valence-electron chi connectivity index (χ0n) is 16.2. The molecule has 0 N–H and O–H groups in total. The molecule has 2 amide bonds. The third-order valence-corrected chi connectivity index (χ3v) is 5.57. The molecule has 1 aromatic carbocycles. The lowest BCUT2D eigenvalue weighted by molar-refractivity contribution is -0.136. The molecule has 146 valence electrons. The summed E-state index contributed by atoms with van der Waals surface area (Å²) in [4.78, 5) is 29.2. The lowest BCUT2D eigenvalue weighted by atomic mass is 9.93. The summed E-state index contributed by atoms with van der Waals surface area (Å²) in [6.07, 6.45) is 9.21. The standard InChI is InChI=1S/C22H30N2O3/c1-27-20-11-8-18(9-12-20)10-13-21(25)23-14-5-15-24(17-16-23)22(26)19-6-3-2-4-7-19/h2-3,8-9,11-12,19H,4-7,10,13-17H2,1H3/t19-/m1/s1. The van der Waals surface area contributed by atoms with E-state index in [1.165, 1.54) is 0 Å². The van der Waals surface area contributed by atoms with Crippen molar-refractivity contribution in [2.45, 2.75) is 38.5 Å². The van der Waals surface area contributed by atoms with Crippen molar-refractivity contribution in [1.29, 1.82) is 0 Å². The fourth-order valence-corrected chi connectivity index (χ4v) is 3.86. The Bertz CT molecular complexity index is 669. The molecule has 3 rings (SSSR count). The molecule has 1 aliphatic carbocycles. The Morgan fingerprint density at radius 1 is 1.04 bits per heavy atom. The molecule has 2 aliphatic rings. The van der Waals surface area contributed by atoms with Crippen molar-refractivity contribution >= 4 is 11.8 Å². The maximum atomic E-state index is 12.7. The van der Waals surface area contributed by atoms with Crippen LogP contribution in [0.2, 0.25) is 0 Å². The normalized spacial score (nSPS) is 20.3. The predicted molar refractivity (Wildman–Crippen MR) is 106 cm³/mol. The van der Waals surface area contributed by atoms with E-state index in [0.29, 0.717) is 19.5 Å². The van der Waals surface area contributed by atoms with E-state index in [4.69, 9.17) is 4.74 Å². The highest BCUT2D eigenvalue weighted by molar-refractivity contribution is 5.80. The molecule has 0 unspecified atom stereocenters. The molecule has 1 aliphatic heterocycles. The van der Waals surface area contributed by atoms with Gasteiger partial charge in [-0.1, -0.05) is 24.3 Å². The zero-order valence-corrected chi connectivity index (χ0v) is 16.2. The van der Waals surface area contributed by atoms with E-state index in [0.717, 1.165) is 56.5 Å². The monoisotopic (exact) mass is 370 g/mol. The summed E-state index contributed by atoms with van der Waals surface area (Å²) in [5.74, 6) is 1.41. The Labute approximate surface area is 162 Å². The van der Waals surface area contributed by atoms with Gasteiger partial charge in [0, 0.05) is 38.5 Å². The van der Waals surface area contributed by atoms with Crippen LogP contribution in [0, 0.1) is 5.92 Å². The number of nitrogens with zero attached hydrogens (tertiary/aromatic N) is 2. The highest BCUT2D eigenvalue weighted by Crippen LogP contribution is 2.21. The Kier molecular flexibility index (Phi) is 6.91. The van der Waals surface area contributed by atoms with Gasteiger partial charge >= 0.3 is 0 Å². The minimum absolute atomic E-state index is 0.132. The number of rotatable bonds is 5. The highest BCUT2D eigenvalue weighted by atomic mass is 16.5. The molecule has 0 bridgehead atoms. The van der Waals surface area contributed by atoms with Gasteiger partial charge in [-0.15, -0.1) is 0 Å². The lowest BCUT2D eigenvalue weighted by Crippen LogP contribution is -2.40. The molecule has 1 atom stereocenters. The first-order valence-electron chi connectivity index (χ1n) is 10.0. The van der Waals surface area contributed by atoms with Gasteiger partial charge in [0.1, 0.15) is 5.75 Å². The van der Waals surface area contributed by atoms with Gasteiger partial charge in [-0.2, -0.15) is 0 Å². The van der Waals surface area contributed by atoms with E-state index < -0.39 is 0 Å². The first kappa shape index (κ1) is 19.5. The molecule has 5 nitrogen and oxygen atoms in total. The van der Waals surface area contributed by atoms with Crippen LogP contribution in [0.3, 0.4) is 0 Å². The van der Waals surface area contributed by atoms with Crippen LogP contribution in [0.4, 0.5) is 0 Å². The molecular weight excluding hydrogens is 340 g/mol. The average Bonchev–Trinajstić information content (AvgIpc) is 2.99. The molecule has 27 heavy (non-hydrogen) atoms. The van der Waals surface area contributed by atoms with E-state index in [2.05, 4.69) is 12.2 Å². The maximum absolute atomic E-state index is 12.7. The van der Waals surface area contributed by atoms with Gasteiger partial charge in [0.25, 0.3) is 0 Å². The van der Waals surface area contributed by atoms with Crippen LogP contribution in [-0.4, -0.2) is 54.9 Å². The SMILES string of the molecule is COc1ccc(CCC(=O)N2CCCN(C(=O)[C@@H]3CC=CCC3)CC2)cc1. The van der Waals surface area contributed by atoms with Gasteiger partial charge in [0.15, 0.2) is 0 Å². The summed E-state index contributed by atoms with van der Waals surface area (Å²) in [7, 11) is 1.65. The van der Waals surface area contributed by atoms with Crippen LogP contribution in [-0.2, 0) is 16.0 Å². The topological polar surface area (TPSA) is 49.9 Å². The first-order valence-corrected chi connectivity index (χ1v) is 10.0. The number of ether oxygens (including phenoxy) is 1. The summed E-state index contributed by atoms with van der Waals surface area (Å²) in [6.45, 7) is 2.82. The van der Waals surface area contributed by atoms with Crippen LogP contribution in [0.25, 0.3) is 0 Å². The van der Waals surface area contributed by atoms with Gasteiger partial charge in [-0.25, -0.2) is 0 Å². The fourth-order valence-electron chi connectivity index (χ4n) is 3.86. The lowest BCUT2D eigenvalue weighted by Gasteiger charge is -2.27. The average molecular weight is 370 g/mol. The van der Waals surface area contributed by atoms with Crippen molar-refractivity contribution in [3.63, 3.8) is 0 Å². The van der Waals surface area contributed by atoms with Crippen LogP contribution < -0.4 is 4.74 Å². The van der Waals surface area contributed by atoms with Crippen LogP contribution in [0.5, 0.6) is 5.75 Å². The van der Waals surface area contributed by atoms with Crippen LogP contribution in [0.1, 0.15) is 37.7 Å². The third kappa shape index (κ3) is 5.34. The molecule has 1 saturated heterocycles. The Morgan fingerprint density at radius 3 is 2.48 bits per heavy atom. The van der Waals surface area contributed by atoms with Crippen molar-refractivity contribution in [3.05, 3.63) is 42.0 Å². The van der Waals surface area contributed by atoms with E-state index in [1.807, 2.05) is 34.1 Å². The summed E-state index contributed by atoms with van der Waals surface area (Å²) in [6, 6.07) is 7.87. The Morgan fingerprint density at radius 2 is 1.78 bits per heavy atom. The predicted octanol–water partition coefficient (Wildman–Crippen LogP) is 3.05. The number of hydrogen-bond donors (Lipinski definition) is 0. The molecular formula is C22H30N2O3. The van der Waals surface area contributed by atoms with Crippen molar-refractivity contribution in [2.75, 3.05) is 33.3 Å². The number of aryl methyl sites for hydroxylation is 1. The number of amides is 2. The van der Waals surface area contributed by atoms with Crippen molar-refractivity contribution in [1.82, 2.24) is 9.80 Å². The van der Waals surface area contributed by atoms with Crippen molar-refractivity contribution in [2.24, 2.45) is 5.92 Å². The minimum Gasteiger partial charge on any atom is -0.497 e. The van der Waals surface area contributed by atoms with Gasteiger partial charge in [-0.05, 0) is 49.8 Å². The van der Waals surface area contributed by atoms with E-state index in [9.17, 15) is 9.59 Å². The summed E-state index contributed by atoms with van der Waals surface area (Å²) in [5.41, 5.74) is 1.14. The van der Waals surface area contributed by atoms with E-state index in [-0.39, 0.29) is 17.7 Å². The number of methoxy groups -OCH3 is 1. The zero-order chi connectivity index (χ0) is 19.1. The van der Waals surface area contributed by atoms with Gasteiger partial charge < -0.3 is 14.5 Å². The summed E-state index contributed by atoms with van der Waals surface area (Å²) >= 11 is 0. The van der Waals surface area contributed by atoms with Gasteiger partial charge in [0.05, 0.1) is 7.11 Å². The van der Waals surface area contributed by atoms with Crippen molar-refractivity contribution < 1.29 is 14.3 Å². The molecule has 0 aromatic heterocycles. The molecule has 1 heterocycles.